The second-order valence-corrected chi connectivity index (χ2v) is 6.20. The van der Waals surface area contributed by atoms with Gasteiger partial charge in [-0.25, -0.2) is 0 Å². The number of fused-ring (bicyclic) bond motifs is 1. The number of hydrogen-bond acceptors (Lipinski definition) is 3. The Bertz CT molecular complexity index is 675. The van der Waals surface area contributed by atoms with E-state index < -0.39 is 6.10 Å². The number of methoxy groups -OCH3 is 1. The first-order valence-corrected chi connectivity index (χ1v) is 7.73. The summed E-state index contributed by atoms with van der Waals surface area (Å²) in [6.45, 7) is 0. The summed E-state index contributed by atoms with van der Waals surface area (Å²) in [5, 5.41) is 11.0. The second-order valence-electron chi connectivity index (χ2n) is 4.94. The van der Waals surface area contributed by atoms with Crippen molar-refractivity contribution in [1.82, 2.24) is 0 Å². The van der Waals surface area contributed by atoms with Gasteiger partial charge in [0.25, 0.3) is 0 Å². The summed E-state index contributed by atoms with van der Waals surface area (Å²) in [6, 6.07) is 11.1. The zero-order valence-corrected chi connectivity index (χ0v) is 13.7. The average Bonchev–Trinajstić information content (AvgIpc) is 2.49. The molecule has 1 N–H and O–H groups in total. The van der Waals surface area contributed by atoms with E-state index in [0.717, 1.165) is 15.6 Å². The first-order valence-electron chi connectivity index (χ1n) is 6.56. The predicted molar refractivity (Wildman–Crippen MR) is 85.1 cm³/mol. The van der Waals surface area contributed by atoms with Gasteiger partial charge >= 0.3 is 0 Å². The van der Waals surface area contributed by atoms with E-state index in [4.69, 9.17) is 21.1 Å². The van der Waals surface area contributed by atoms with Crippen LogP contribution in [0.3, 0.4) is 0 Å². The minimum Gasteiger partial charge on any atom is -0.497 e. The van der Waals surface area contributed by atoms with E-state index in [2.05, 4.69) is 15.9 Å². The van der Waals surface area contributed by atoms with Crippen molar-refractivity contribution in [2.45, 2.75) is 18.6 Å². The van der Waals surface area contributed by atoms with Crippen molar-refractivity contribution in [3.8, 4) is 11.5 Å². The lowest BCUT2D eigenvalue weighted by Gasteiger charge is -2.30. The molecule has 0 aliphatic carbocycles. The van der Waals surface area contributed by atoms with Crippen molar-refractivity contribution in [2.75, 3.05) is 7.11 Å². The molecule has 110 valence electrons. The lowest BCUT2D eigenvalue weighted by atomic mass is 9.95. The molecule has 0 radical (unpaired) electrons. The first-order chi connectivity index (χ1) is 10.1. The third-order valence-corrected chi connectivity index (χ3v) is 4.83. The summed E-state index contributed by atoms with van der Waals surface area (Å²) >= 11 is 9.50. The highest BCUT2D eigenvalue weighted by atomic mass is 79.9. The molecule has 0 saturated carbocycles. The van der Waals surface area contributed by atoms with Crippen LogP contribution in [-0.4, -0.2) is 12.2 Å². The highest BCUT2D eigenvalue weighted by Crippen LogP contribution is 2.42. The molecule has 2 aromatic rings. The molecule has 3 nitrogen and oxygen atoms in total. The van der Waals surface area contributed by atoms with Crippen LogP contribution in [0.1, 0.15) is 29.8 Å². The highest BCUT2D eigenvalue weighted by molar-refractivity contribution is 9.10. The van der Waals surface area contributed by atoms with E-state index in [1.165, 1.54) is 0 Å². The van der Waals surface area contributed by atoms with Gasteiger partial charge in [-0.1, -0.05) is 17.7 Å². The molecule has 21 heavy (non-hydrogen) atoms. The third kappa shape index (κ3) is 2.89. The molecule has 5 heteroatoms. The van der Waals surface area contributed by atoms with E-state index in [1.54, 1.807) is 7.11 Å². The SMILES string of the molecule is COc1ccc2c(c1)[C@H](O)CC(c1ccc(Br)c(Cl)c1)O2. The van der Waals surface area contributed by atoms with Gasteiger partial charge < -0.3 is 14.6 Å². The van der Waals surface area contributed by atoms with Crippen molar-refractivity contribution in [3.63, 3.8) is 0 Å². The third-order valence-electron chi connectivity index (χ3n) is 3.60. The minimum atomic E-state index is -0.587. The van der Waals surface area contributed by atoms with Crippen molar-refractivity contribution < 1.29 is 14.6 Å². The molecule has 0 fully saturated rings. The van der Waals surface area contributed by atoms with E-state index in [1.807, 2.05) is 36.4 Å². The standard InChI is InChI=1S/C16H14BrClO3/c1-20-10-3-5-15-11(7-10)14(19)8-16(21-15)9-2-4-12(17)13(18)6-9/h2-7,14,16,19H,8H2,1H3/t14-,16?/m1/s1. The minimum absolute atomic E-state index is 0.216. The molecule has 0 saturated heterocycles. The van der Waals surface area contributed by atoms with Crippen LogP contribution < -0.4 is 9.47 Å². The van der Waals surface area contributed by atoms with Crippen LogP contribution in [0.25, 0.3) is 0 Å². The fourth-order valence-corrected chi connectivity index (χ4v) is 2.90. The zero-order chi connectivity index (χ0) is 15.0. The van der Waals surface area contributed by atoms with E-state index in [-0.39, 0.29) is 6.10 Å². The molecule has 0 amide bonds. The van der Waals surface area contributed by atoms with E-state index in [9.17, 15) is 5.11 Å². The largest absolute Gasteiger partial charge is 0.497 e. The Morgan fingerprint density at radius 2 is 2.10 bits per heavy atom. The molecule has 2 aromatic carbocycles. The maximum absolute atomic E-state index is 10.4. The van der Waals surface area contributed by atoms with Gasteiger partial charge in [0.1, 0.15) is 17.6 Å². The van der Waals surface area contributed by atoms with Gasteiger partial charge in [-0.2, -0.15) is 0 Å². The maximum atomic E-state index is 10.4. The van der Waals surface area contributed by atoms with Gasteiger partial charge in [-0.15, -0.1) is 0 Å². The highest BCUT2D eigenvalue weighted by Gasteiger charge is 2.28. The fourth-order valence-electron chi connectivity index (χ4n) is 2.47. The van der Waals surface area contributed by atoms with Crippen LogP contribution >= 0.6 is 27.5 Å². The number of ether oxygens (including phenoxy) is 2. The molecule has 1 unspecified atom stereocenters. The molecule has 1 aliphatic rings. The van der Waals surface area contributed by atoms with Gasteiger partial charge in [-0.05, 0) is 51.8 Å². The van der Waals surface area contributed by atoms with Crippen LogP contribution in [0.15, 0.2) is 40.9 Å². The Hall–Kier alpha value is -1.23. The number of halogens is 2. The van der Waals surface area contributed by atoms with Gasteiger partial charge in [0, 0.05) is 16.5 Å². The Balaban J connectivity index is 1.92. The molecular weight excluding hydrogens is 356 g/mol. The lowest BCUT2D eigenvalue weighted by Crippen LogP contribution is -2.19. The fraction of sp³-hybridized carbons (Fsp3) is 0.250. The number of benzene rings is 2. The summed E-state index contributed by atoms with van der Waals surface area (Å²) in [6.07, 6.45) is -0.319. The molecule has 0 bridgehead atoms. The Morgan fingerprint density at radius 3 is 2.81 bits per heavy atom. The molecule has 1 aliphatic heterocycles. The van der Waals surface area contributed by atoms with Crippen molar-refractivity contribution in [2.24, 2.45) is 0 Å². The van der Waals surface area contributed by atoms with Crippen LogP contribution in [0.4, 0.5) is 0 Å². The molecule has 0 aromatic heterocycles. The molecule has 1 heterocycles. The van der Waals surface area contributed by atoms with Gasteiger partial charge in [-0.3, -0.25) is 0 Å². The van der Waals surface area contributed by atoms with Crippen LogP contribution in [0.5, 0.6) is 11.5 Å². The van der Waals surface area contributed by atoms with Gasteiger partial charge in [0.2, 0.25) is 0 Å². The Kier molecular flexibility index (Phi) is 4.11. The van der Waals surface area contributed by atoms with Crippen LogP contribution in [0, 0.1) is 0 Å². The zero-order valence-electron chi connectivity index (χ0n) is 11.3. The second kappa shape index (κ2) is 5.87. The molecule has 0 spiro atoms. The summed E-state index contributed by atoms with van der Waals surface area (Å²) in [4.78, 5) is 0. The normalized spacial score (nSPS) is 20.6. The number of aliphatic hydroxyl groups is 1. The number of aliphatic hydroxyl groups excluding tert-OH is 1. The van der Waals surface area contributed by atoms with E-state index in [0.29, 0.717) is 22.9 Å². The first kappa shape index (κ1) is 14.7. The van der Waals surface area contributed by atoms with E-state index >= 15 is 0 Å². The monoisotopic (exact) mass is 368 g/mol. The van der Waals surface area contributed by atoms with Crippen molar-refractivity contribution in [1.29, 1.82) is 0 Å². The Labute approximate surface area is 136 Å². The van der Waals surface area contributed by atoms with Crippen molar-refractivity contribution in [3.05, 3.63) is 57.0 Å². The average molecular weight is 370 g/mol. The van der Waals surface area contributed by atoms with Gasteiger partial charge in [0.05, 0.1) is 18.2 Å². The number of hydrogen-bond donors (Lipinski definition) is 1. The Morgan fingerprint density at radius 1 is 1.29 bits per heavy atom. The molecule has 3 rings (SSSR count). The van der Waals surface area contributed by atoms with Gasteiger partial charge in [0.15, 0.2) is 0 Å². The molecular formula is C16H14BrClO3. The molecule has 2 atom stereocenters. The summed E-state index contributed by atoms with van der Waals surface area (Å²) in [7, 11) is 1.60. The quantitative estimate of drug-likeness (QED) is 0.836. The number of rotatable bonds is 2. The summed E-state index contributed by atoms with van der Waals surface area (Å²) < 4.78 is 12.0. The summed E-state index contributed by atoms with van der Waals surface area (Å²) in [5.41, 5.74) is 1.71. The summed E-state index contributed by atoms with van der Waals surface area (Å²) in [5.74, 6) is 1.39. The maximum Gasteiger partial charge on any atom is 0.127 e. The van der Waals surface area contributed by atoms with Crippen molar-refractivity contribution >= 4 is 27.5 Å². The smallest absolute Gasteiger partial charge is 0.127 e. The lowest BCUT2D eigenvalue weighted by molar-refractivity contribution is 0.0654. The topological polar surface area (TPSA) is 38.7 Å². The van der Waals surface area contributed by atoms with Crippen LogP contribution in [0.2, 0.25) is 5.02 Å². The van der Waals surface area contributed by atoms with Crippen LogP contribution in [-0.2, 0) is 0 Å². The predicted octanol–water partition coefficient (Wildman–Crippen LogP) is 4.67.